The third-order valence-corrected chi connectivity index (χ3v) is 1.62. The van der Waals surface area contributed by atoms with Crippen LogP contribution in [-0.2, 0) is 0 Å². The highest BCUT2D eigenvalue weighted by Gasteiger charge is 2.11. The molecule has 3 nitrogen and oxygen atoms in total. The minimum atomic E-state index is -0.0457. The van der Waals surface area contributed by atoms with E-state index in [1.165, 1.54) is 12.3 Å². The molecule has 60 valence electrons. The Bertz CT molecular complexity index is 344. The van der Waals surface area contributed by atoms with Crippen molar-refractivity contribution in [3.8, 4) is 5.75 Å². The second-order valence-corrected chi connectivity index (χ2v) is 2.41. The summed E-state index contributed by atoms with van der Waals surface area (Å²) in [6, 6.07) is 7.10. The molecule has 0 saturated heterocycles. The molecule has 0 fully saturated rings. The molecule has 0 aliphatic carbocycles. The molecule has 1 aliphatic rings. The van der Waals surface area contributed by atoms with Crippen LogP contribution in [0.25, 0.3) is 0 Å². The molecule has 2 rings (SSSR count). The second kappa shape index (κ2) is 2.70. The average Bonchev–Trinajstić information content (AvgIpc) is 2.29. The van der Waals surface area contributed by atoms with Crippen molar-refractivity contribution in [2.24, 2.45) is 0 Å². The van der Waals surface area contributed by atoms with Gasteiger partial charge in [0.1, 0.15) is 0 Å². The zero-order valence-electron chi connectivity index (χ0n) is 6.28. The van der Waals surface area contributed by atoms with Crippen LogP contribution in [0.1, 0.15) is 10.4 Å². The first kappa shape index (κ1) is 6.91. The zero-order chi connectivity index (χ0) is 8.39. The van der Waals surface area contributed by atoms with Crippen molar-refractivity contribution in [3.63, 3.8) is 0 Å². The maximum absolute atomic E-state index is 11.3. The summed E-state index contributed by atoms with van der Waals surface area (Å²) >= 11 is 0. The van der Waals surface area contributed by atoms with Crippen LogP contribution in [-0.4, -0.2) is 5.78 Å². The van der Waals surface area contributed by atoms with E-state index in [1.807, 2.05) is 6.07 Å². The number of hydroxylamine groups is 1. The summed E-state index contributed by atoms with van der Waals surface area (Å²) in [5.41, 5.74) is 3.11. The largest absolute Gasteiger partial charge is 0.382 e. The summed E-state index contributed by atoms with van der Waals surface area (Å²) in [5, 5.41) is 0. The summed E-state index contributed by atoms with van der Waals surface area (Å²) < 4.78 is 0. The van der Waals surface area contributed by atoms with Crippen molar-refractivity contribution in [2.45, 2.75) is 0 Å². The van der Waals surface area contributed by atoms with E-state index in [4.69, 9.17) is 4.84 Å². The van der Waals surface area contributed by atoms with Crippen molar-refractivity contribution in [1.82, 2.24) is 5.48 Å². The minimum absolute atomic E-state index is 0.0457. The van der Waals surface area contributed by atoms with Crippen LogP contribution in [0.4, 0.5) is 0 Å². The molecular weight excluding hydrogens is 154 g/mol. The lowest BCUT2D eigenvalue weighted by Gasteiger charge is -2.03. The highest BCUT2D eigenvalue weighted by atomic mass is 16.6. The van der Waals surface area contributed by atoms with Gasteiger partial charge in [0.05, 0.1) is 5.56 Å². The van der Waals surface area contributed by atoms with Crippen LogP contribution in [0.3, 0.4) is 0 Å². The Hall–Kier alpha value is -1.77. The van der Waals surface area contributed by atoms with E-state index in [9.17, 15) is 4.79 Å². The Kier molecular flexibility index (Phi) is 1.55. The van der Waals surface area contributed by atoms with Crippen molar-refractivity contribution in [2.75, 3.05) is 0 Å². The third-order valence-electron chi connectivity index (χ3n) is 1.62. The number of ketones is 1. The molecule has 0 amide bonds. The molecule has 0 spiro atoms. The van der Waals surface area contributed by atoms with Crippen molar-refractivity contribution >= 4 is 5.78 Å². The van der Waals surface area contributed by atoms with Crippen LogP contribution in [0.5, 0.6) is 5.75 Å². The molecule has 0 unspecified atom stereocenters. The molecule has 0 bridgehead atoms. The lowest BCUT2D eigenvalue weighted by Crippen LogP contribution is -2.09. The number of hydrogen-bond donors (Lipinski definition) is 1. The Balaban J connectivity index is 2.53. The second-order valence-electron chi connectivity index (χ2n) is 2.41. The van der Waals surface area contributed by atoms with Crippen LogP contribution in [0.15, 0.2) is 36.5 Å². The van der Waals surface area contributed by atoms with Gasteiger partial charge < -0.3 is 4.84 Å². The third kappa shape index (κ3) is 1.05. The van der Waals surface area contributed by atoms with Gasteiger partial charge in [0, 0.05) is 12.3 Å². The minimum Gasteiger partial charge on any atom is -0.382 e. The monoisotopic (exact) mass is 161 g/mol. The number of allylic oxidation sites excluding steroid dienone is 1. The van der Waals surface area contributed by atoms with Gasteiger partial charge in [-0.25, -0.2) is 5.48 Å². The van der Waals surface area contributed by atoms with E-state index in [-0.39, 0.29) is 5.78 Å². The Morgan fingerprint density at radius 1 is 1.25 bits per heavy atom. The Morgan fingerprint density at radius 2 is 2.08 bits per heavy atom. The summed E-state index contributed by atoms with van der Waals surface area (Å²) in [6.07, 6.45) is 2.91. The topological polar surface area (TPSA) is 38.3 Å². The number of para-hydroxylation sites is 1. The number of nitrogens with one attached hydrogen (secondary N) is 1. The fourth-order valence-electron chi connectivity index (χ4n) is 1.06. The van der Waals surface area contributed by atoms with E-state index in [1.54, 1.807) is 18.2 Å². The molecule has 1 heterocycles. The first-order valence-electron chi connectivity index (χ1n) is 3.60. The molecule has 1 aliphatic heterocycles. The first-order valence-corrected chi connectivity index (χ1v) is 3.60. The smallest absolute Gasteiger partial charge is 0.191 e. The summed E-state index contributed by atoms with van der Waals surface area (Å²) in [6.45, 7) is 0. The van der Waals surface area contributed by atoms with Gasteiger partial charge in [0.25, 0.3) is 0 Å². The summed E-state index contributed by atoms with van der Waals surface area (Å²) in [7, 11) is 0. The molecule has 0 saturated carbocycles. The SMILES string of the molecule is O=C1C=CNOc2ccccc21. The highest BCUT2D eigenvalue weighted by molar-refractivity contribution is 6.06. The number of carbonyl (C=O) groups excluding carboxylic acids is 1. The lowest BCUT2D eigenvalue weighted by molar-refractivity contribution is 0.104. The van der Waals surface area contributed by atoms with Gasteiger partial charge in [-0.3, -0.25) is 4.79 Å². The van der Waals surface area contributed by atoms with Gasteiger partial charge in [0.15, 0.2) is 11.5 Å². The van der Waals surface area contributed by atoms with E-state index < -0.39 is 0 Å². The molecule has 3 heteroatoms. The highest BCUT2D eigenvalue weighted by Crippen LogP contribution is 2.19. The Morgan fingerprint density at radius 3 is 3.00 bits per heavy atom. The van der Waals surface area contributed by atoms with Gasteiger partial charge in [-0.1, -0.05) is 12.1 Å². The molecule has 0 atom stereocenters. The molecule has 12 heavy (non-hydrogen) atoms. The maximum Gasteiger partial charge on any atom is 0.191 e. The number of benzene rings is 1. The van der Waals surface area contributed by atoms with Crippen molar-refractivity contribution in [1.29, 1.82) is 0 Å². The maximum atomic E-state index is 11.3. The normalized spacial score (nSPS) is 14.2. The predicted molar refractivity (Wildman–Crippen MR) is 43.7 cm³/mol. The molecule has 0 aromatic heterocycles. The zero-order valence-corrected chi connectivity index (χ0v) is 6.28. The van der Waals surface area contributed by atoms with Crippen LogP contribution < -0.4 is 10.3 Å². The first-order chi connectivity index (χ1) is 5.88. The van der Waals surface area contributed by atoms with Gasteiger partial charge in [-0.05, 0) is 12.1 Å². The lowest BCUT2D eigenvalue weighted by atomic mass is 10.1. The van der Waals surface area contributed by atoms with Crippen LogP contribution >= 0.6 is 0 Å². The van der Waals surface area contributed by atoms with Crippen molar-refractivity contribution < 1.29 is 9.63 Å². The van der Waals surface area contributed by atoms with Gasteiger partial charge in [-0.2, -0.15) is 0 Å². The van der Waals surface area contributed by atoms with E-state index in [2.05, 4.69) is 5.48 Å². The quantitative estimate of drug-likeness (QED) is 0.622. The summed E-state index contributed by atoms with van der Waals surface area (Å²) in [4.78, 5) is 16.4. The fourth-order valence-corrected chi connectivity index (χ4v) is 1.06. The molecule has 1 aromatic rings. The van der Waals surface area contributed by atoms with E-state index in [0.29, 0.717) is 11.3 Å². The molecular formula is C9H7NO2. The van der Waals surface area contributed by atoms with Gasteiger partial charge in [-0.15, -0.1) is 0 Å². The average molecular weight is 161 g/mol. The van der Waals surface area contributed by atoms with Crippen LogP contribution in [0.2, 0.25) is 0 Å². The molecule has 1 aromatic carbocycles. The molecule has 0 radical (unpaired) electrons. The van der Waals surface area contributed by atoms with E-state index >= 15 is 0 Å². The number of rotatable bonds is 0. The van der Waals surface area contributed by atoms with E-state index in [0.717, 1.165) is 0 Å². The Labute approximate surface area is 69.6 Å². The van der Waals surface area contributed by atoms with Gasteiger partial charge >= 0.3 is 0 Å². The fraction of sp³-hybridized carbons (Fsp3) is 0. The number of fused-ring (bicyclic) bond motifs is 1. The van der Waals surface area contributed by atoms with Gasteiger partial charge in [0.2, 0.25) is 0 Å². The molecule has 1 N–H and O–H groups in total. The number of hydrogen-bond acceptors (Lipinski definition) is 3. The van der Waals surface area contributed by atoms with Crippen molar-refractivity contribution in [3.05, 3.63) is 42.1 Å². The standard InChI is InChI=1S/C9H7NO2/c11-8-5-6-10-12-9-4-2-1-3-7(8)9/h1-6,10H. The number of carbonyl (C=O) groups is 1. The van der Waals surface area contributed by atoms with Crippen LogP contribution in [0, 0.1) is 0 Å². The summed E-state index contributed by atoms with van der Waals surface area (Å²) in [5.74, 6) is 0.517. The predicted octanol–water partition coefficient (Wildman–Crippen LogP) is 1.28.